The summed E-state index contributed by atoms with van der Waals surface area (Å²) in [6.07, 6.45) is 2.27. The van der Waals surface area contributed by atoms with Crippen LogP contribution in [0, 0.1) is 22.7 Å². The van der Waals surface area contributed by atoms with Crippen LogP contribution in [0.4, 0.5) is 0 Å². The van der Waals surface area contributed by atoms with Gasteiger partial charge in [-0.25, -0.2) is 9.59 Å². The van der Waals surface area contributed by atoms with Crippen LogP contribution in [0.2, 0.25) is 0 Å². The van der Waals surface area contributed by atoms with Gasteiger partial charge in [0.05, 0.1) is 0 Å². The fourth-order valence-corrected chi connectivity index (χ4v) is 2.29. The lowest BCUT2D eigenvalue weighted by atomic mass is 10.1. The predicted octanol–water partition coefficient (Wildman–Crippen LogP) is 2.11. The zero-order chi connectivity index (χ0) is 23.7. The predicted molar refractivity (Wildman–Crippen MR) is 109 cm³/mol. The Morgan fingerprint density at radius 3 is 1.41 bits per heavy atom. The second-order valence-corrected chi connectivity index (χ2v) is 6.11. The minimum atomic E-state index is -1.01. The lowest BCUT2D eigenvalue weighted by molar-refractivity contribution is -0.146. The average Bonchev–Trinajstić information content (AvgIpc) is 2.77. The Bertz CT molecular complexity index is 1090. The van der Waals surface area contributed by atoms with Gasteiger partial charge in [0, 0.05) is 0 Å². The van der Waals surface area contributed by atoms with Crippen LogP contribution in [0.5, 0.6) is 23.0 Å². The van der Waals surface area contributed by atoms with Crippen molar-refractivity contribution in [1.82, 2.24) is 0 Å². The van der Waals surface area contributed by atoms with Gasteiger partial charge in [-0.1, -0.05) is 12.1 Å². The fraction of sp³-hybridized carbons (Fsp3) is 0.0909. The molecule has 10 heteroatoms. The van der Waals surface area contributed by atoms with Gasteiger partial charge in [0.25, 0.3) is 0 Å². The smallest absolute Gasteiger partial charge is 0.349 e. The molecule has 0 atom stereocenters. The first-order valence-electron chi connectivity index (χ1n) is 8.87. The normalized spacial score (nSPS) is 11.2. The molecule has 0 bridgehead atoms. The van der Waals surface area contributed by atoms with Crippen LogP contribution >= 0.6 is 0 Å². The van der Waals surface area contributed by atoms with E-state index in [1.807, 2.05) is 0 Å². The number of nitriles is 2. The number of benzene rings is 2. The summed E-state index contributed by atoms with van der Waals surface area (Å²) in [4.78, 5) is 24.0. The second kappa shape index (κ2) is 10.7. The number of esters is 2. The van der Waals surface area contributed by atoms with Gasteiger partial charge >= 0.3 is 11.9 Å². The Morgan fingerprint density at radius 1 is 0.719 bits per heavy atom. The molecule has 0 unspecified atom stereocenters. The van der Waals surface area contributed by atoms with Gasteiger partial charge in [0.1, 0.15) is 36.5 Å². The van der Waals surface area contributed by atoms with Crippen molar-refractivity contribution in [1.29, 1.82) is 10.5 Å². The number of ether oxygens (including phenoxy) is 2. The first kappa shape index (κ1) is 23.3. The van der Waals surface area contributed by atoms with Crippen molar-refractivity contribution in [2.45, 2.75) is 0 Å². The van der Waals surface area contributed by atoms with Gasteiger partial charge in [0.2, 0.25) is 0 Å². The first-order valence-corrected chi connectivity index (χ1v) is 8.87. The number of carbonyl (C=O) groups is 2. The molecule has 4 N–H and O–H groups in total. The van der Waals surface area contributed by atoms with Crippen molar-refractivity contribution in [2.75, 3.05) is 13.2 Å². The highest BCUT2D eigenvalue weighted by Crippen LogP contribution is 2.27. The van der Waals surface area contributed by atoms with Crippen LogP contribution in [0.15, 0.2) is 47.5 Å². The highest BCUT2D eigenvalue weighted by atomic mass is 16.6. The maximum atomic E-state index is 12.0. The molecular formula is C22H16N2O8. The van der Waals surface area contributed by atoms with Crippen LogP contribution in [0.3, 0.4) is 0 Å². The third-order valence-electron chi connectivity index (χ3n) is 3.85. The van der Waals surface area contributed by atoms with Gasteiger partial charge in [-0.05, 0) is 47.5 Å². The van der Waals surface area contributed by atoms with Crippen LogP contribution in [-0.2, 0) is 19.1 Å². The summed E-state index contributed by atoms with van der Waals surface area (Å²) in [5.74, 6) is -3.60. The number of carbonyl (C=O) groups excluding carboxylic acids is 2. The van der Waals surface area contributed by atoms with Crippen molar-refractivity contribution >= 4 is 24.1 Å². The molecule has 0 fully saturated rings. The number of aromatic hydroxyl groups is 4. The second-order valence-electron chi connectivity index (χ2n) is 6.11. The first-order chi connectivity index (χ1) is 15.2. The summed E-state index contributed by atoms with van der Waals surface area (Å²) in [5.41, 5.74) is -0.258. The van der Waals surface area contributed by atoms with Crippen molar-refractivity contribution in [3.63, 3.8) is 0 Å². The van der Waals surface area contributed by atoms with Gasteiger partial charge in [-0.2, -0.15) is 10.5 Å². The lowest BCUT2D eigenvalue weighted by Crippen LogP contribution is -2.15. The van der Waals surface area contributed by atoms with E-state index in [0.717, 1.165) is 24.3 Å². The van der Waals surface area contributed by atoms with Crippen LogP contribution in [-0.4, -0.2) is 45.6 Å². The zero-order valence-electron chi connectivity index (χ0n) is 16.3. The molecule has 0 aliphatic carbocycles. The van der Waals surface area contributed by atoms with Crippen LogP contribution < -0.4 is 0 Å². The van der Waals surface area contributed by atoms with Crippen molar-refractivity contribution in [3.05, 3.63) is 58.7 Å². The molecule has 0 saturated heterocycles. The van der Waals surface area contributed by atoms with E-state index in [2.05, 4.69) is 0 Å². The quantitative estimate of drug-likeness (QED) is 0.165. The number of nitrogens with zero attached hydrogens (tertiary/aromatic N) is 2. The molecule has 0 saturated carbocycles. The number of rotatable bonds is 7. The Kier molecular flexibility index (Phi) is 7.81. The maximum Gasteiger partial charge on any atom is 0.349 e. The van der Waals surface area contributed by atoms with E-state index in [4.69, 9.17) is 20.0 Å². The summed E-state index contributed by atoms with van der Waals surface area (Å²) in [6.45, 7) is -0.799. The summed E-state index contributed by atoms with van der Waals surface area (Å²) < 4.78 is 9.70. The molecule has 0 aliphatic rings. The molecule has 162 valence electrons. The highest BCUT2D eigenvalue weighted by Gasteiger charge is 2.14. The third kappa shape index (κ3) is 6.27. The SMILES string of the molecule is N#C/C(=C\c1ccc(O)c(O)c1)C(=O)OCCOC(=O)/C(C#N)=C/c1ccc(O)c(O)c1. The molecule has 0 radical (unpaired) electrons. The Morgan fingerprint density at radius 2 is 1.09 bits per heavy atom. The van der Waals surface area contributed by atoms with E-state index >= 15 is 0 Å². The molecule has 10 nitrogen and oxygen atoms in total. The molecule has 0 spiro atoms. The molecule has 0 heterocycles. The number of hydrogen-bond donors (Lipinski definition) is 4. The summed E-state index contributed by atoms with van der Waals surface area (Å²) in [5, 5.41) is 55.7. The minimum Gasteiger partial charge on any atom is -0.504 e. The Labute approximate surface area is 181 Å². The Balaban J connectivity index is 1.93. The summed E-state index contributed by atoms with van der Waals surface area (Å²) in [7, 11) is 0. The molecule has 0 aliphatic heterocycles. The highest BCUT2D eigenvalue weighted by molar-refractivity contribution is 5.98. The number of phenolic OH excluding ortho intramolecular Hbond substituents is 4. The molecule has 2 rings (SSSR count). The Hall–Kier alpha value is -4.96. The molecule has 2 aromatic rings. The molecule has 0 amide bonds. The van der Waals surface area contributed by atoms with Crippen LogP contribution in [0.1, 0.15) is 11.1 Å². The summed E-state index contributed by atoms with van der Waals surface area (Å²) >= 11 is 0. The lowest BCUT2D eigenvalue weighted by Gasteiger charge is -2.06. The molecule has 2 aromatic carbocycles. The third-order valence-corrected chi connectivity index (χ3v) is 3.85. The molecular weight excluding hydrogens is 420 g/mol. The standard InChI is InChI=1S/C22H16N2O8/c23-11-15(7-13-1-3-17(25)19(27)9-13)21(29)31-5-6-32-22(30)16(12-24)8-14-2-4-18(26)20(28)10-14/h1-4,7-10,25-28H,5-6H2/b15-7+,16-8+. The zero-order valence-corrected chi connectivity index (χ0v) is 16.3. The van der Waals surface area contributed by atoms with E-state index in [9.17, 15) is 30.0 Å². The monoisotopic (exact) mass is 436 g/mol. The van der Waals surface area contributed by atoms with Crippen molar-refractivity contribution in [2.24, 2.45) is 0 Å². The maximum absolute atomic E-state index is 12.0. The van der Waals surface area contributed by atoms with Crippen LogP contribution in [0.25, 0.3) is 12.2 Å². The average molecular weight is 436 g/mol. The van der Waals surface area contributed by atoms with E-state index in [1.165, 1.54) is 24.3 Å². The minimum absolute atomic E-state index is 0.268. The van der Waals surface area contributed by atoms with Gasteiger partial charge in [0.15, 0.2) is 23.0 Å². The van der Waals surface area contributed by atoms with Crippen molar-refractivity contribution < 1.29 is 39.5 Å². The van der Waals surface area contributed by atoms with E-state index in [-0.39, 0.29) is 22.6 Å². The number of phenols is 4. The van der Waals surface area contributed by atoms with E-state index < -0.39 is 47.8 Å². The van der Waals surface area contributed by atoms with Gasteiger partial charge in [-0.15, -0.1) is 0 Å². The van der Waals surface area contributed by atoms with Gasteiger partial charge < -0.3 is 29.9 Å². The molecule has 0 aromatic heterocycles. The van der Waals surface area contributed by atoms with E-state index in [1.54, 1.807) is 12.1 Å². The van der Waals surface area contributed by atoms with Crippen molar-refractivity contribution in [3.8, 4) is 35.1 Å². The largest absolute Gasteiger partial charge is 0.504 e. The fourth-order valence-electron chi connectivity index (χ4n) is 2.29. The topological polar surface area (TPSA) is 181 Å². The molecule has 32 heavy (non-hydrogen) atoms. The summed E-state index contributed by atoms with van der Waals surface area (Å²) in [6, 6.07) is 10.7. The number of hydrogen-bond acceptors (Lipinski definition) is 10. The van der Waals surface area contributed by atoms with E-state index in [0.29, 0.717) is 0 Å². The van der Waals surface area contributed by atoms with Gasteiger partial charge in [-0.3, -0.25) is 0 Å².